The van der Waals surface area contributed by atoms with Gasteiger partial charge in [-0.15, -0.1) is 0 Å². The largest absolute Gasteiger partial charge is 0.480 e. The lowest BCUT2D eigenvalue weighted by Gasteiger charge is -2.40. The molecule has 17 heavy (non-hydrogen) atoms. The number of hydrogen-bond acceptors (Lipinski definition) is 3. The number of nitrogens with two attached hydrogens (primary N) is 1. The van der Waals surface area contributed by atoms with E-state index in [0.29, 0.717) is 24.9 Å². The molecule has 0 bridgehead atoms. The summed E-state index contributed by atoms with van der Waals surface area (Å²) in [6.07, 6.45) is 4.49. The monoisotopic (exact) mass is 240 g/mol. The SMILES string of the molecule is CC1CC(C)N(C2CCCC(N)(C(=O)O)C2)C1. The van der Waals surface area contributed by atoms with Gasteiger partial charge in [0.2, 0.25) is 0 Å². The van der Waals surface area contributed by atoms with Crippen molar-refractivity contribution in [3.8, 4) is 0 Å². The van der Waals surface area contributed by atoms with Crippen LogP contribution in [0.4, 0.5) is 0 Å². The van der Waals surface area contributed by atoms with Crippen molar-refractivity contribution in [2.24, 2.45) is 11.7 Å². The molecule has 0 radical (unpaired) electrons. The van der Waals surface area contributed by atoms with E-state index in [-0.39, 0.29) is 0 Å². The van der Waals surface area contributed by atoms with Crippen molar-refractivity contribution < 1.29 is 9.90 Å². The number of carboxylic acid groups (broad SMARTS) is 1. The van der Waals surface area contributed by atoms with Crippen LogP contribution in [0.3, 0.4) is 0 Å². The zero-order valence-electron chi connectivity index (χ0n) is 10.9. The molecule has 0 spiro atoms. The first-order chi connectivity index (χ1) is 7.92. The van der Waals surface area contributed by atoms with Crippen molar-refractivity contribution in [3.63, 3.8) is 0 Å². The van der Waals surface area contributed by atoms with Crippen molar-refractivity contribution in [1.29, 1.82) is 0 Å². The maximum atomic E-state index is 11.2. The van der Waals surface area contributed by atoms with E-state index in [9.17, 15) is 9.90 Å². The number of rotatable bonds is 2. The lowest BCUT2D eigenvalue weighted by molar-refractivity contribution is -0.145. The molecule has 0 aromatic carbocycles. The molecule has 1 aliphatic carbocycles. The zero-order chi connectivity index (χ0) is 12.6. The Labute approximate surface area is 103 Å². The maximum Gasteiger partial charge on any atom is 0.323 e. The van der Waals surface area contributed by atoms with E-state index in [1.807, 2.05) is 0 Å². The van der Waals surface area contributed by atoms with Gasteiger partial charge in [0, 0.05) is 18.6 Å². The Hall–Kier alpha value is -0.610. The minimum absolute atomic E-state index is 0.366. The number of carboxylic acids is 1. The second-order valence-corrected chi connectivity index (χ2v) is 6.10. The summed E-state index contributed by atoms with van der Waals surface area (Å²) in [5.74, 6) is -0.106. The summed E-state index contributed by atoms with van der Waals surface area (Å²) in [6, 6.07) is 0.941. The fraction of sp³-hybridized carbons (Fsp3) is 0.923. The Morgan fingerprint density at radius 1 is 1.47 bits per heavy atom. The second kappa shape index (κ2) is 4.58. The third kappa shape index (κ3) is 2.47. The molecule has 3 N–H and O–H groups in total. The van der Waals surface area contributed by atoms with Gasteiger partial charge in [-0.25, -0.2) is 0 Å². The Kier molecular flexibility index (Phi) is 3.46. The van der Waals surface area contributed by atoms with Gasteiger partial charge in [-0.2, -0.15) is 0 Å². The molecule has 0 aromatic heterocycles. The molecule has 0 amide bonds. The Balaban J connectivity index is 2.05. The van der Waals surface area contributed by atoms with Crippen LogP contribution >= 0.6 is 0 Å². The quantitative estimate of drug-likeness (QED) is 0.766. The van der Waals surface area contributed by atoms with Gasteiger partial charge in [0.1, 0.15) is 5.54 Å². The van der Waals surface area contributed by atoms with Crippen molar-refractivity contribution in [3.05, 3.63) is 0 Å². The molecule has 2 rings (SSSR count). The van der Waals surface area contributed by atoms with Gasteiger partial charge in [0.15, 0.2) is 0 Å². The zero-order valence-corrected chi connectivity index (χ0v) is 10.9. The standard InChI is InChI=1S/C13H24N2O2/c1-9-6-10(2)15(8-9)11-4-3-5-13(14,7-11)12(16)17/h9-11H,3-8,14H2,1-2H3,(H,16,17). The van der Waals surface area contributed by atoms with Gasteiger partial charge in [-0.05, 0) is 44.9 Å². The molecule has 2 aliphatic rings. The minimum atomic E-state index is -0.992. The van der Waals surface area contributed by atoms with E-state index >= 15 is 0 Å². The van der Waals surface area contributed by atoms with E-state index in [0.717, 1.165) is 25.3 Å². The molecule has 0 aromatic rings. The summed E-state index contributed by atoms with van der Waals surface area (Å²) in [7, 11) is 0. The average Bonchev–Trinajstić information content (AvgIpc) is 2.58. The molecule has 1 saturated heterocycles. The van der Waals surface area contributed by atoms with Gasteiger partial charge >= 0.3 is 5.97 Å². The number of carbonyl (C=O) groups is 1. The van der Waals surface area contributed by atoms with Crippen molar-refractivity contribution in [2.45, 2.75) is 63.6 Å². The summed E-state index contributed by atoms with van der Waals surface area (Å²) < 4.78 is 0. The van der Waals surface area contributed by atoms with Gasteiger partial charge in [-0.3, -0.25) is 9.69 Å². The summed E-state index contributed by atoms with van der Waals surface area (Å²) in [4.78, 5) is 13.7. The predicted octanol–water partition coefficient (Wildman–Crippen LogP) is 1.44. The molecule has 1 heterocycles. The third-order valence-corrected chi connectivity index (χ3v) is 4.49. The normalized spacial score (nSPS) is 43.8. The molecule has 1 aliphatic heterocycles. The third-order valence-electron chi connectivity index (χ3n) is 4.49. The maximum absolute atomic E-state index is 11.2. The molecule has 98 valence electrons. The van der Waals surface area contributed by atoms with Gasteiger partial charge in [0.05, 0.1) is 0 Å². The lowest BCUT2D eigenvalue weighted by atomic mass is 9.79. The Morgan fingerprint density at radius 3 is 2.71 bits per heavy atom. The second-order valence-electron chi connectivity index (χ2n) is 6.10. The molecular formula is C13H24N2O2. The highest BCUT2D eigenvalue weighted by Crippen LogP contribution is 2.34. The molecular weight excluding hydrogens is 216 g/mol. The van der Waals surface area contributed by atoms with Crippen molar-refractivity contribution in [2.75, 3.05) is 6.54 Å². The van der Waals surface area contributed by atoms with Crippen LogP contribution in [0.1, 0.15) is 46.0 Å². The fourth-order valence-corrected chi connectivity index (χ4v) is 3.60. The van der Waals surface area contributed by atoms with Crippen molar-refractivity contribution in [1.82, 2.24) is 4.90 Å². The van der Waals surface area contributed by atoms with Crippen LogP contribution in [0.15, 0.2) is 0 Å². The van der Waals surface area contributed by atoms with Crippen LogP contribution in [0.2, 0.25) is 0 Å². The minimum Gasteiger partial charge on any atom is -0.480 e. The molecule has 1 saturated carbocycles. The van der Waals surface area contributed by atoms with Gasteiger partial charge in [-0.1, -0.05) is 6.92 Å². The van der Waals surface area contributed by atoms with Crippen LogP contribution in [0.25, 0.3) is 0 Å². The number of nitrogens with zero attached hydrogens (tertiary/aromatic N) is 1. The van der Waals surface area contributed by atoms with Gasteiger partial charge < -0.3 is 10.8 Å². The summed E-state index contributed by atoms with van der Waals surface area (Å²) in [6.45, 7) is 5.62. The summed E-state index contributed by atoms with van der Waals surface area (Å²) in [5.41, 5.74) is 5.02. The Bertz CT molecular complexity index is 308. The highest BCUT2D eigenvalue weighted by atomic mass is 16.4. The molecule has 4 heteroatoms. The van der Waals surface area contributed by atoms with Crippen LogP contribution in [0.5, 0.6) is 0 Å². The first-order valence-electron chi connectivity index (χ1n) is 6.70. The highest BCUT2D eigenvalue weighted by Gasteiger charge is 2.43. The molecule has 2 fully saturated rings. The molecule has 4 unspecified atom stereocenters. The molecule has 4 atom stereocenters. The van der Waals surface area contributed by atoms with Crippen LogP contribution in [0, 0.1) is 5.92 Å². The van der Waals surface area contributed by atoms with Crippen LogP contribution < -0.4 is 5.73 Å². The first-order valence-corrected chi connectivity index (χ1v) is 6.70. The number of likely N-dealkylation sites (tertiary alicyclic amines) is 1. The van der Waals surface area contributed by atoms with Crippen LogP contribution in [-0.2, 0) is 4.79 Å². The summed E-state index contributed by atoms with van der Waals surface area (Å²) in [5, 5.41) is 9.23. The summed E-state index contributed by atoms with van der Waals surface area (Å²) >= 11 is 0. The number of aliphatic carboxylic acids is 1. The van der Waals surface area contributed by atoms with Crippen molar-refractivity contribution >= 4 is 5.97 Å². The molecule has 4 nitrogen and oxygen atoms in total. The Morgan fingerprint density at radius 2 is 2.18 bits per heavy atom. The number of hydrogen-bond donors (Lipinski definition) is 2. The van der Waals surface area contributed by atoms with E-state index in [2.05, 4.69) is 18.7 Å². The fourth-order valence-electron chi connectivity index (χ4n) is 3.60. The van der Waals surface area contributed by atoms with E-state index in [1.165, 1.54) is 6.42 Å². The lowest BCUT2D eigenvalue weighted by Crippen LogP contribution is -2.56. The smallest absolute Gasteiger partial charge is 0.323 e. The van der Waals surface area contributed by atoms with E-state index in [1.54, 1.807) is 0 Å². The van der Waals surface area contributed by atoms with E-state index in [4.69, 9.17) is 5.73 Å². The van der Waals surface area contributed by atoms with Crippen LogP contribution in [-0.4, -0.2) is 40.1 Å². The van der Waals surface area contributed by atoms with Gasteiger partial charge in [0.25, 0.3) is 0 Å². The predicted molar refractivity (Wildman–Crippen MR) is 66.8 cm³/mol. The topological polar surface area (TPSA) is 66.6 Å². The highest BCUT2D eigenvalue weighted by molar-refractivity contribution is 5.78. The van der Waals surface area contributed by atoms with E-state index < -0.39 is 11.5 Å². The average molecular weight is 240 g/mol. The first kappa shape index (κ1) is 12.8.